The summed E-state index contributed by atoms with van der Waals surface area (Å²) < 4.78 is 27.2. The van der Waals surface area contributed by atoms with Gasteiger partial charge in [-0.1, -0.05) is 23.2 Å². The Kier molecular flexibility index (Phi) is 4.08. The molecule has 0 aliphatic carbocycles. The molecule has 0 fully saturated rings. The molecule has 3 N–H and O–H groups in total. The van der Waals surface area contributed by atoms with E-state index in [1.807, 2.05) is 0 Å². The van der Waals surface area contributed by atoms with Gasteiger partial charge in [-0.15, -0.1) is 0 Å². The number of nitrogen functional groups attached to an aromatic ring is 1. The SMILES string of the molecule is Cc1cnccc1NS(=O)(=O)c1c(N)cc(Cl)cc1Cl. The van der Waals surface area contributed by atoms with Gasteiger partial charge < -0.3 is 5.73 Å². The molecule has 20 heavy (non-hydrogen) atoms. The Labute approximate surface area is 126 Å². The largest absolute Gasteiger partial charge is 0.398 e. The van der Waals surface area contributed by atoms with Crippen molar-refractivity contribution in [1.82, 2.24) is 4.98 Å². The van der Waals surface area contributed by atoms with Gasteiger partial charge >= 0.3 is 0 Å². The van der Waals surface area contributed by atoms with Gasteiger partial charge in [0.15, 0.2) is 0 Å². The smallest absolute Gasteiger partial charge is 0.265 e. The molecule has 0 aliphatic heterocycles. The van der Waals surface area contributed by atoms with Gasteiger partial charge in [0.25, 0.3) is 10.0 Å². The Bertz CT molecular complexity index is 740. The summed E-state index contributed by atoms with van der Waals surface area (Å²) in [4.78, 5) is 3.70. The Hall–Kier alpha value is -1.50. The van der Waals surface area contributed by atoms with Gasteiger partial charge in [0.05, 0.1) is 16.4 Å². The van der Waals surface area contributed by atoms with E-state index >= 15 is 0 Å². The Morgan fingerprint density at radius 2 is 2.00 bits per heavy atom. The molecule has 8 heteroatoms. The number of aryl methyl sites for hydroxylation is 1. The number of benzene rings is 1. The van der Waals surface area contributed by atoms with Crippen LogP contribution in [0, 0.1) is 6.92 Å². The summed E-state index contributed by atoms with van der Waals surface area (Å²) in [6, 6.07) is 4.21. The number of aromatic nitrogens is 1. The summed E-state index contributed by atoms with van der Waals surface area (Å²) in [6.45, 7) is 1.73. The van der Waals surface area contributed by atoms with Crippen molar-refractivity contribution in [2.24, 2.45) is 0 Å². The number of halogens is 2. The molecule has 0 aliphatic rings. The molecule has 1 heterocycles. The number of nitrogens with zero attached hydrogens (tertiary/aromatic N) is 1. The van der Waals surface area contributed by atoms with Crippen LogP contribution in [0.3, 0.4) is 0 Å². The van der Waals surface area contributed by atoms with E-state index in [-0.39, 0.29) is 20.6 Å². The van der Waals surface area contributed by atoms with Crippen LogP contribution in [0.5, 0.6) is 0 Å². The Morgan fingerprint density at radius 1 is 1.30 bits per heavy atom. The summed E-state index contributed by atoms with van der Waals surface area (Å²) in [5, 5.41) is 0.237. The number of hydrogen-bond acceptors (Lipinski definition) is 4. The zero-order valence-electron chi connectivity index (χ0n) is 10.4. The number of nitrogens with two attached hydrogens (primary N) is 1. The maximum Gasteiger partial charge on any atom is 0.265 e. The number of hydrogen-bond donors (Lipinski definition) is 2. The Morgan fingerprint density at radius 3 is 2.60 bits per heavy atom. The maximum absolute atomic E-state index is 12.4. The van der Waals surface area contributed by atoms with Gasteiger partial charge in [0.1, 0.15) is 4.90 Å². The highest BCUT2D eigenvalue weighted by Crippen LogP contribution is 2.32. The third-order valence-electron chi connectivity index (χ3n) is 2.57. The number of pyridine rings is 1. The highest BCUT2D eigenvalue weighted by Gasteiger charge is 2.22. The van der Waals surface area contributed by atoms with Crippen LogP contribution in [-0.2, 0) is 10.0 Å². The van der Waals surface area contributed by atoms with Crippen molar-refractivity contribution in [3.05, 3.63) is 46.2 Å². The van der Waals surface area contributed by atoms with Gasteiger partial charge in [-0.05, 0) is 30.7 Å². The van der Waals surface area contributed by atoms with Crippen LogP contribution in [0.2, 0.25) is 10.0 Å². The van der Waals surface area contributed by atoms with Crippen LogP contribution >= 0.6 is 23.2 Å². The zero-order valence-corrected chi connectivity index (χ0v) is 12.7. The highest BCUT2D eigenvalue weighted by atomic mass is 35.5. The Balaban J connectivity index is 2.50. The summed E-state index contributed by atoms with van der Waals surface area (Å²) in [6.07, 6.45) is 3.03. The van der Waals surface area contributed by atoms with E-state index in [0.717, 1.165) is 0 Å². The standard InChI is InChI=1S/C12H11Cl2N3O2S/c1-7-6-16-3-2-11(7)17-20(18,19)12-9(14)4-8(13)5-10(12)15/h2-6H,15H2,1H3,(H,16,17). The molecular formula is C12H11Cl2N3O2S. The number of sulfonamides is 1. The minimum absolute atomic E-state index is 0.0123. The molecular weight excluding hydrogens is 321 g/mol. The van der Waals surface area contributed by atoms with Gasteiger partial charge in [-0.3, -0.25) is 9.71 Å². The molecule has 1 aromatic carbocycles. The lowest BCUT2D eigenvalue weighted by molar-refractivity contribution is 0.601. The molecule has 106 valence electrons. The number of rotatable bonds is 3. The van der Waals surface area contributed by atoms with E-state index < -0.39 is 10.0 Å². The third kappa shape index (κ3) is 2.98. The predicted octanol–water partition coefficient (Wildman–Crippen LogP) is 3.08. The molecule has 2 rings (SSSR count). The van der Waals surface area contributed by atoms with E-state index in [2.05, 4.69) is 9.71 Å². The monoisotopic (exact) mass is 331 g/mol. The highest BCUT2D eigenvalue weighted by molar-refractivity contribution is 7.93. The lowest BCUT2D eigenvalue weighted by atomic mass is 10.3. The molecule has 0 bridgehead atoms. The van der Waals surface area contributed by atoms with E-state index in [9.17, 15) is 8.42 Å². The first-order valence-corrected chi connectivity index (χ1v) is 7.73. The minimum atomic E-state index is -3.91. The van der Waals surface area contributed by atoms with Gasteiger partial charge in [0.2, 0.25) is 0 Å². The average Bonchev–Trinajstić information content (AvgIpc) is 2.30. The van der Waals surface area contributed by atoms with Crippen molar-refractivity contribution in [2.45, 2.75) is 11.8 Å². The van der Waals surface area contributed by atoms with Gasteiger partial charge in [-0.2, -0.15) is 0 Å². The fourth-order valence-corrected chi connectivity index (χ4v) is 3.77. The fraction of sp³-hybridized carbons (Fsp3) is 0.0833. The fourth-order valence-electron chi connectivity index (χ4n) is 1.65. The molecule has 0 atom stereocenters. The average molecular weight is 332 g/mol. The van der Waals surface area contributed by atoms with Gasteiger partial charge in [-0.25, -0.2) is 8.42 Å². The third-order valence-corrected chi connectivity index (χ3v) is 4.68. The zero-order chi connectivity index (χ0) is 14.9. The lowest BCUT2D eigenvalue weighted by Crippen LogP contribution is -2.16. The van der Waals surface area contributed by atoms with E-state index in [1.54, 1.807) is 19.2 Å². The van der Waals surface area contributed by atoms with Crippen molar-refractivity contribution < 1.29 is 8.42 Å². The molecule has 0 spiro atoms. The second kappa shape index (κ2) is 5.47. The van der Waals surface area contributed by atoms with Crippen molar-refractivity contribution in [3.63, 3.8) is 0 Å². The second-order valence-corrected chi connectivity index (χ2v) is 6.56. The summed E-state index contributed by atoms with van der Waals surface area (Å²) in [7, 11) is -3.91. The van der Waals surface area contributed by atoms with Crippen LogP contribution in [0.1, 0.15) is 5.56 Å². The number of anilines is 2. The normalized spacial score (nSPS) is 11.3. The van der Waals surface area contributed by atoms with E-state index in [0.29, 0.717) is 11.3 Å². The first kappa shape index (κ1) is 14.9. The van der Waals surface area contributed by atoms with Crippen LogP contribution in [0.15, 0.2) is 35.5 Å². The second-order valence-electron chi connectivity index (χ2n) is 4.10. The number of nitrogens with one attached hydrogen (secondary N) is 1. The first-order chi connectivity index (χ1) is 9.31. The predicted molar refractivity (Wildman–Crippen MR) is 80.7 cm³/mol. The van der Waals surface area contributed by atoms with Crippen LogP contribution < -0.4 is 10.5 Å². The molecule has 0 unspecified atom stereocenters. The summed E-state index contributed by atoms with van der Waals surface area (Å²) >= 11 is 11.7. The van der Waals surface area contributed by atoms with Crippen LogP contribution in [-0.4, -0.2) is 13.4 Å². The minimum Gasteiger partial charge on any atom is -0.398 e. The summed E-state index contributed by atoms with van der Waals surface area (Å²) in [5.74, 6) is 0. The van der Waals surface area contributed by atoms with Gasteiger partial charge in [0, 0.05) is 17.4 Å². The van der Waals surface area contributed by atoms with Crippen molar-refractivity contribution in [1.29, 1.82) is 0 Å². The molecule has 5 nitrogen and oxygen atoms in total. The lowest BCUT2D eigenvalue weighted by Gasteiger charge is -2.13. The molecule has 0 saturated heterocycles. The molecule has 0 amide bonds. The first-order valence-electron chi connectivity index (χ1n) is 5.49. The van der Waals surface area contributed by atoms with E-state index in [4.69, 9.17) is 28.9 Å². The van der Waals surface area contributed by atoms with Crippen molar-refractivity contribution in [3.8, 4) is 0 Å². The van der Waals surface area contributed by atoms with Crippen LogP contribution in [0.25, 0.3) is 0 Å². The molecule has 1 aromatic heterocycles. The van der Waals surface area contributed by atoms with Crippen LogP contribution in [0.4, 0.5) is 11.4 Å². The van der Waals surface area contributed by atoms with Crippen molar-refractivity contribution >= 4 is 44.6 Å². The van der Waals surface area contributed by atoms with E-state index in [1.165, 1.54) is 18.3 Å². The molecule has 0 saturated carbocycles. The summed E-state index contributed by atoms with van der Waals surface area (Å²) in [5.41, 5.74) is 6.78. The maximum atomic E-state index is 12.4. The quantitative estimate of drug-likeness (QED) is 0.846. The molecule has 2 aromatic rings. The van der Waals surface area contributed by atoms with Crippen molar-refractivity contribution in [2.75, 3.05) is 10.5 Å². The molecule has 0 radical (unpaired) electrons. The topological polar surface area (TPSA) is 85.1 Å².